The molecule has 1 aromatic carbocycles. The number of aryl methyl sites for hydroxylation is 1. The molecule has 0 aromatic heterocycles. The van der Waals surface area contributed by atoms with Crippen molar-refractivity contribution in [2.75, 3.05) is 19.8 Å². The van der Waals surface area contributed by atoms with Crippen LogP contribution in [0.4, 0.5) is 0 Å². The first-order valence-electron chi connectivity index (χ1n) is 7.15. The van der Waals surface area contributed by atoms with Crippen LogP contribution in [0.3, 0.4) is 0 Å². The highest BCUT2D eigenvalue weighted by molar-refractivity contribution is 5.26. The van der Waals surface area contributed by atoms with Crippen molar-refractivity contribution in [2.45, 2.75) is 45.6 Å². The second-order valence-corrected chi connectivity index (χ2v) is 5.37. The summed E-state index contributed by atoms with van der Waals surface area (Å²) in [6.07, 6.45) is 3.03. The molecular weight excluding hydrogens is 238 g/mol. The molecule has 1 aromatic rings. The molecule has 0 heterocycles. The summed E-state index contributed by atoms with van der Waals surface area (Å²) in [6, 6.07) is 8.13. The van der Waals surface area contributed by atoms with Gasteiger partial charge in [0.1, 0.15) is 5.75 Å². The van der Waals surface area contributed by atoms with E-state index in [-0.39, 0.29) is 12.1 Å². The van der Waals surface area contributed by atoms with E-state index in [9.17, 15) is 5.11 Å². The molecule has 0 aliphatic carbocycles. The molecule has 0 aliphatic heterocycles. The van der Waals surface area contributed by atoms with Gasteiger partial charge in [-0.1, -0.05) is 24.6 Å². The van der Waals surface area contributed by atoms with Gasteiger partial charge in [-0.05, 0) is 51.8 Å². The molecule has 108 valence electrons. The molecule has 0 bridgehead atoms. The average Bonchev–Trinajstić information content (AvgIpc) is 2.41. The predicted octanol–water partition coefficient (Wildman–Crippen LogP) is 2.90. The Morgan fingerprint density at radius 3 is 2.47 bits per heavy atom. The summed E-state index contributed by atoms with van der Waals surface area (Å²) in [5, 5.41) is 12.7. The van der Waals surface area contributed by atoms with Crippen molar-refractivity contribution in [3.63, 3.8) is 0 Å². The molecule has 0 amide bonds. The number of nitrogens with one attached hydrogen (secondary N) is 1. The molecule has 0 fully saturated rings. The van der Waals surface area contributed by atoms with Crippen LogP contribution < -0.4 is 10.1 Å². The maximum absolute atomic E-state index is 9.38. The van der Waals surface area contributed by atoms with Crippen LogP contribution in [0.15, 0.2) is 24.3 Å². The molecule has 0 saturated carbocycles. The number of ether oxygens (including phenoxy) is 1. The highest BCUT2D eigenvalue weighted by Crippen LogP contribution is 2.15. The first-order valence-corrected chi connectivity index (χ1v) is 7.15. The van der Waals surface area contributed by atoms with Crippen molar-refractivity contribution < 1.29 is 9.84 Å². The molecule has 0 saturated heterocycles. The van der Waals surface area contributed by atoms with Gasteiger partial charge in [0.25, 0.3) is 0 Å². The fourth-order valence-corrected chi connectivity index (χ4v) is 2.09. The largest absolute Gasteiger partial charge is 0.494 e. The maximum Gasteiger partial charge on any atom is 0.119 e. The van der Waals surface area contributed by atoms with E-state index in [1.54, 1.807) is 0 Å². The Morgan fingerprint density at radius 2 is 1.89 bits per heavy atom. The number of likely N-dealkylation sites (N-methyl/N-ethyl adjacent to an activating group) is 1. The lowest BCUT2D eigenvalue weighted by Crippen LogP contribution is -2.45. The van der Waals surface area contributed by atoms with Gasteiger partial charge in [-0.15, -0.1) is 0 Å². The minimum atomic E-state index is -0.154. The van der Waals surface area contributed by atoms with Gasteiger partial charge in [-0.3, -0.25) is 0 Å². The standard InChI is InChI=1S/C16H27NO2/c1-4-17-16(3,13-18)11-5-6-12-19-15-9-7-14(2)8-10-15/h7-10,17-18H,4-6,11-13H2,1-3H3. The quantitative estimate of drug-likeness (QED) is 0.675. The van der Waals surface area contributed by atoms with Crippen molar-refractivity contribution in [1.29, 1.82) is 0 Å². The van der Waals surface area contributed by atoms with Crippen LogP contribution in [-0.4, -0.2) is 30.4 Å². The average molecular weight is 265 g/mol. The Kier molecular flexibility index (Phi) is 6.89. The van der Waals surface area contributed by atoms with Crippen LogP contribution in [0.2, 0.25) is 0 Å². The Morgan fingerprint density at radius 1 is 1.21 bits per heavy atom. The highest BCUT2D eigenvalue weighted by Gasteiger charge is 2.20. The molecule has 0 spiro atoms. The number of rotatable bonds is 9. The second-order valence-electron chi connectivity index (χ2n) is 5.37. The Hall–Kier alpha value is -1.06. The minimum Gasteiger partial charge on any atom is -0.494 e. The van der Waals surface area contributed by atoms with Gasteiger partial charge in [0.15, 0.2) is 0 Å². The first-order chi connectivity index (χ1) is 9.09. The number of benzene rings is 1. The Balaban J connectivity index is 2.18. The summed E-state index contributed by atoms with van der Waals surface area (Å²) in [6.45, 7) is 8.00. The fraction of sp³-hybridized carbons (Fsp3) is 0.625. The number of hydrogen-bond donors (Lipinski definition) is 2. The summed E-state index contributed by atoms with van der Waals surface area (Å²) < 4.78 is 5.69. The zero-order valence-corrected chi connectivity index (χ0v) is 12.4. The van der Waals surface area contributed by atoms with Crippen molar-refractivity contribution in [2.24, 2.45) is 0 Å². The number of hydrogen-bond acceptors (Lipinski definition) is 3. The molecule has 3 heteroatoms. The van der Waals surface area contributed by atoms with Crippen molar-refractivity contribution in [3.8, 4) is 5.75 Å². The normalized spacial score (nSPS) is 14.1. The zero-order chi connectivity index (χ0) is 14.1. The third-order valence-corrected chi connectivity index (χ3v) is 3.37. The van der Waals surface area contributed by atoms with E-state index in [1.807, 2.05) is 12.1 Å². The van der Waals surface area contributed by atoms with Gasteiger partial charge >= 0.3 is 0 Å². The van der Waals surface area contributed by atoms with E-state index in [2.05, 4.69) is 38.2 Å². The number of unbranched alkanes of at least 4 members (excludes halogenated alkanes) is 1. The highest BCUT2D eigenvalue weighted by atomic mass is 16.5. The molecule has 0 radical (unpaired) electrons. The monoisotopic (exact) mass is 265 g/mol. The molecule has 0 aliphatic rings. The molecule has 2 N–H and O–H groups in total. The van der Waals surface area contributed by atoms with Crippen molar-refractivity contribution in [1.82, 2.24) is 5.32 Å². The van der Waals surface area contributed by atoms with Crippen LogP contribution in [-0.2, 0) is 0 Å². The summed E-state index contributed by atoms with van der Waals surface area (Å²) in [7, 11) is 0. The van der Waals surface area contributed by atoms with Crippen LogP contribution in [0, 0.1) is 6.92 Å². The summed E-state index contributed by atoms with van der Waals surface area (Å²) in [4.78, 5) is 0. The van der Waals surface area contributed by atoms with Crippen molar-refractivity contribution >= 4 is 0 Å². The van der Waals surface area contributed by atoms with Gasteiger partial charge in [0, 0.05) is 5.54 Å². The molecule has 3 nitrogen and oxygen atoms in total. The van der Waals surface area contributed by atoms with E-state index in [4.69, 9.17) is 4.74 Å². The van der Waals surface area contributed by atoms with Crippen LogP contribution in [0.1, 0.15) is 38.7 Å². The first kappa shape index (κ1) is 16.0. The smallest absolute Gasteiger partial charge is 0.119 e. The SMILES string of the molecule is CCNC(C)(CO)CCCCOc1ccc(C)cc1. The molecular formula is C16H27NO2. The van der Waals surface area contributed by atoms with Crippen molar-refractivity contribution in [3.05, 3.63) is 29.8 Å². The minimum absolute atomic E-state index is 0.154. The molecule has 1 atom stereocenters. The molecule has 1 rings (SSSR count). The Bertz CT molecular complexity index is 350. The number of aliphatic hydroxyl groups is 1. The lowest BCUT2D eigenvalue weighted by Gasteiger charge is -2.28. The van der Waals surface area contributed by atoms with E-state index in [0.29, 0.717) is 0 Å². The summed E-state index contributed by atoms with van der Waals surface area (Å²) in [5.74, 6) is 0.933. The van der Waals surface area contributed by atoms with Crippen LogP contribution in [0.5, 0.6) is 5.75 Å². The summed E-state index contributed by atoms with van der Waals surface area (Å²) in [5.41, 5.74) is 1.09. The maximum atomic E-state index is 9.38. The number of aliphatic hydroxyl groups excluding tert-OH is 1. The zero-order valence-electron chi connectivity index (χ0n) is 12.4. The van der Waals surface area contributed by atoms with Crippen LogP contribution >= 0.6 is 0 Å². The Labute approximate surface area is 117 Å². The van der Waals surface area contributed by atoms with Crippen LogP contribution in [0.25, 0.3) is 0 Å². The summed E-state index contributed by atoms with van der Waals surface area (Å²) >= 11 is 0. The van der Waals surface area contributed by atoms with E-state index in [0.717, 1.165) is 38.2 Å². The third kappa shape index (κ3) is 6.08. The van der Waals surface area contributed by atoms with E-state index >= 15 is 0 Å². The van der Waals surface area contributed by atoms with Gasteiger partial charge in [-0.25, -0.2) is 0 Å². The molecule has 1 unspecified atom stereocenters. The van der Waals surface area contributed by atoms with E-state index in [1.165, 1.54) is 5.56 Å². The van der Waals surface area contributed by atoms with Gasteiger partial charge in [0.05, 0.1) is 13.2 Å². The third-order valence-electron chi connectivity index (χ3n) is 3.37. The second kappa shape index (κ2) is 8.18. The van der Waals surface area contributed by atoms with E-state index < -0.39 is 0 Å². The van der Waals surface area contributed by atoms with Gasteiger partial charge < -0.3 is 15.2 Å². The molecule has 19 heavy (non-hydrogen) atoms. The van der Waals surface area contributed by atoms with Gasteiger partial charge in [-0.2, -0.15) is 0 Å². The lowest BCUT2D eigenvalue weighted by atomic mass is 9.96. The van der Waals surface area contributed by atoms with Gasteiger partial charge in [0.2, 0.25) is 0 Å². The lowest BCUT2D eigenvalue weighted by molar-refractivity contribution is 0.162. The topological polar surface area (TPSA) is 41.5 Å². The predicted molar refractivity (Wildman–Crippen MR) is 79.7 cm³/mol. The fourth-order valence-electron chi connectivity index (χ4n) is 2.09.